The van der Waals surface area contributed by atoms with Crippen LogP contribution in [0.1, 0.15) is 25.2 Å². The van der Waals surface area contributed by atoms with Gasteiger partial charge in [0.2, 0.25) is 6.79 Å². The molecule has 0 N–H and O–H groups in total. The molecule has 0 saturated carbocycles. The maximum Gasteiger partial charge on any atom is 0.231 e. The molecule has 4 rings (SSSR count). The average Bonchev–Trinajstić information content (AvgIpc) is 3.30. The maximum atomic E-state index is 5.49. The molecule has 0 radical (unpaired) electrons. The molecular formula is C20H28N4O2. The predicted octanol–water partition coefficient (Wildman–Crippen LogP) is 2.38. The lowest BCUT2D eigenvalue weighted by Crippen LogP contribution is -2.50. The number of hydrogen-bond acceptors (Lipinski definition) is 5. The fraction of sp³-hybridized carbons (Fsp3) is 0.550. The molecule has 0 aliphatic carbocycles. The van der Waals surface area contributed by atoms with Crippen LogP contribution < -0.4 is 9.47 Å². The minimum atomic E-state index is 0.339. The second kappa shape index (κ2) is 7.68. The van der Waals surface area contributed by atoms with Crippen LogP contribution >= 0.6 is 0 Å². The first-order chi connectivity index (χ1) is 12.7. The Morgan fingerprint density at radius 1 is 1.12 bits per heavy atom. The number of hydrogen-bond donors (Lipinski definition) is 0. The minimum Gasteiger partial charge on any atom is -0.454 e. The summed E-state index contributed by atoms with van der Waals surface area (Å²) in [6.07, 6.45) is 5.00. The van der Waals surface area contributed by atoms with Gasteiger partial charge in [0.25, 0.3) is 0 Å². The molecule has 0 bridgehead atoms. The van der Waals surface area contributed by atoms with E-state index >= 15 is 0 Å². The molecule has 1 saturated heterocycles. The van der Waals surface area contributed by atoms with Crippen molar-refractivity contribution in [2.24, 2.45) is 0 Å². The average molecular weight is 356 g/mol. The van der Waals surface area contributed by atoms with E-state index in [0.29, 0.717) is 12.8 Å². The van der Waals surface area contributed by atoms with Gasteiger partial charge in [-0.3, -0.25) is 9.80 Å². The molecule has 0 amide bonds. The molecule has 0 spiro atoms. The van der Waals surface area contributed by atoms with Crippen LogP contribution in [0.15, 0.2) is 30.6 Å². The molecule has 140 valence electrons. The zero-order chi connectivity index (χ0) is 17.9. The summed E-state index contributed by atoms with van der Waals surface area (Å²) >= 11 is 0. The molecule has 1 fully saturated rings. The van der Waals surface area contributed by atoms with E-state index in [1.54, 1.807) is 0 Å². The first-order valence-electron chi connectivity index (χ1n) is 9.58. The van der Waals surface area contributed by atoms with Gasteiger partial charge in [-0.2, -0.15) is 0 Å². The van der Waals surface area contributed by atoms with Gasteiger partial charge in [-0.05, 0) is 24.6 Å². The van der Waals surface area contributed by atoms with Crippen molar-refractivity contribution in [3.05, 3.63) is 42.0 Å². The lowest BCUT2D eigenvalue weighted by atomic mass is 10.1. The van der Waals surface area contributed by atoms with Crippen LogP contribution in [-0.4, -0.2) is 58.4 Å². The molecule has 1 aromatic heterocycles. The van der Waals surface area contributed by atoms with Gasteiger partial charge in [0.1, 0.15) is 5.82 Å². The zero-order valence-electron chi connectivity index (χ0n) is 15.7. The van der Waals surface area contributed by atoms with Crippen molar-refractivity contribution >= 4 is 0 Å². The van der Waals surface area contributed by atoms with Crippen molar-refractivity contribution in [2.45, 2.75) is 39.4 Å². The van der Waals surface area contributed by atoms with E-state index in [0.717, 1.165) is 57.2 Å². The first kappa shape index (κ1) is 17.4. The van der Waals surface area contributed by atoms with Crippen LogP contribution in [0.25, 0.3) is 0 Å². The van der Waals surface area contributed by atoms with Crippen LogP contribution in [0, 0.1) is 0 Å². The van der Waals surface area contributed by atoms with Crippen molar-refractivity contribution in [2.75, 3.05) is 33.0 Å². The summed E-state index contributed by atoms with van der Waals surface area (Å²) in [6.45, 7) is 11.2. The van der Waals surface area contributed by atoms with E-state index < -0.39 is 0 Å². The number of fused-ring (bicyclic) bond motifs is 1. The number of piperazine rings is 1. The van der Waals surface area contributed by atoms with Gasteiger partial charge in [0.15, 0.2) is 11.5 Å². The summed E-state index contributed by atoms with van der Waals surface area (Å²) in [4.78, 5) is 9.55. The molecule has 1 aromatic carbocycles. The molecule has 2 aliphatic rings. The van der Waals surface area contributed by atoms with Crippen molar-refractivity contribution < 1.29 is 9.47 Å². The highest BCUT2D eigenvalue weighted by Crippen LogP contribution is 2.32. The Hall–Kier alpha value is -2.05. The summed E-state index contributed by atoms with van der Waals surface area (Å²) in [5.41, 5.74) is 1.29. The molecule has 2 aromatic rings. The standard InChI is InChI=1S/C20H28N4O2/c1-3-20-21-6-7-24(20)13-16(2)23-10-8-22(9-11-23)14-17-4-5-18-19(12-17)26-15-25-18/h4-7,12,16H,3,8-11,13-15H2,1-2H3/t16-/m0/s1. The Kier molecular flexibility index (Phi) is 5.13. The lowest BCUT2D eigenvalue weighted by molar-refractivity contribution is 0.0908. The van der Waals surface area contributed by atoms with Gasteiger partial charge in [-0.1, -0.05) is 13.0 Å². The monoisotopic (exact) mass is 356 g/mol. The molecular weight excluding hydrogens is 328 g/mol. The summed E-state index contributed by atoms with van der Waals surface area (Å²) < 4.78 is 13.2. The van der Waals surface area contributed by atoms with Crippen LogP contribution in [0.5, 0.6) is 11.5 Å². The second-order valence-electron chi connectivity index (χ2n) is 7.20. The van der Waals surface area contributed by atoms with E-state index in [4.69, 9.17) is 9.47 Å². The third kappa shape index (κ3) is 3.71. The summed E-state index contributed by atoms with van der Waals surface area (Å²) in [5.74, 6) is 2.92. The summed E-state index contributed by atoms with van der Waals surface area (Å²) in [7, 11) is 0. The van der Waals surface area contributed by atoms with Crippen molar-refractivity contribution in [1.29, 1.82) is 0 Å². The summed E-state index contributed by atoms with van der Waals surface area (Å²) in [6, 6.07) is 6.81. The van der Waals surface area contributed by atoms with Gasteiger partial charge in [0, 0.05) is 64.1 Å². The van der Waals surface area contributed by atoms with Gasteiger partial charge < -0.3 is 14.0 Å². The second-order valence-corrected chi connectivity index (χ2v) is 7.20. The van der Waals surface area contributed by atoms with E-state index in [9.17, 15) is 0 Å². The number of nitrogens with zero attached hydrogens (tertiary/aromatic N) is 4. The Morgan fingerprint density at radius 3 is 2.73 bits per heavy atom. The third-order valence-electron chi connectivity index (χ3n) is 5.45. The molecule has 0 unspecified atom stereocenters. The van der Waals surface area contributed by atoms with E-state index in [-0.39, 0.29) is 0 Å². The number of aromatic nitrogens is 2. The number of ether oxygens (including phenoxy) is 2. The fourth-order valence-corrected chi connectivity index (χ4v) is 3.88. The van der Waals surface area contributed by atoms with Gasteiger partial charge in [-0.15, -0.1) is 0 Å². The highest BCUT2D eigenvalue weighted by Gasteiger charge is 2.22. The van der Waals surface area contributed by atoms with Crippen molar-refractivity contribution in [3.63, 3.8) is 0 Å². The predicted molar refractivity (Wildman–Crippen MR) is 100 cm³/mol. The Bertz CT molecular complexity index is 737. The normalized spacial score (nSPS) is 19.0. The van der Waals surface area contributed by atoms with Crippen LogP contribution in [0.4, 0.5) is 0 Å². The molecule has 3 heterocycles. The topological polar surface area (TPSA) is 42.8 Å². The van der Waals surface area contributed by atoms with Crippen molar-refractivity contribution in [3.8, 4) is 11.5 Å². The highest BCUT2D eigenvalue weighted by atomic mass is 16.7. The molecule has 1 atom stereocenters. The molecule has 2 aliphatic heterocycles. The smallest absolute Gasteiger partial charge is 0.231 e. The van der Waals surface area contributed by atoms with E-state index in [2.05, 4.69) is 51.5 Å². The molecule has 26 heavy (non-hydrogen) atoms. The third-order valence-corrected chi connectivity index (χ3v) is 5.45. The zero-order valence-corrected chi connectivity index (χ0v) is 15.7. The van der Waals surface area contributed by atoms with Crippen molar-refractivity contribution in [1.82, 2.24) is 19.4 Å². The van der Waals surface area contributed by atoms with Crippen LogP contribution in [0.2, 0.25) is 0 Å². The Balaban J connectivity index is 1.28. The number of rotatable bonds is 6. The maximum absolute atomic E-state index is 5.49. The van der Waals surface area contributed by atoms with Crippen LogP contribution in [0.3, 0.4) is 0 Å². The van der Waals surface area contributed by atoms with Gasteiger partial charge in [-0.25, -0.2) is 4.98 Å². The number of aryl methyl sites for hydroxylation is 1. The first-order valence-corrected chi connectivity index (χ1v) is 9.58. The quantitative estimate of drug-likeness (QED) is 0.795. The Morgan fingerprint density at radius 2 is 1.92 bits per heavy atom. The van der Waals surface area contributed by atoms with Crippen LogP contribution in [-0.2, 0) is 19.5 Å². The Labute approximate surface area is 155 Å². The lowest BCUT2D eigenvalue weighted by Gasteiger charge is -2.38. The minimum absolute atomic E-state index is 0.339. The SMILES string of the molecule is CCc1nccn1C[C@H](C)N1CCN(Cc2ccc3c(c2)OCO3)CC1. The highest BCUT2D eigenvalue weighted by molar-refractivity contribution is 5.44. The molecule has 6 heteroatoms. The number of imidazole rings is 1. The number of benzene rings is 1. The van der Waals surface area contributed by atoms with E-state index in [1.807, 2.05) is 12.3 Å². The van der Waals surface area contributed by atoms with Gasteiger partial charge >= 0.3 is 0 Å². The largest absolute Gasteiger partial charge is 0.454 e. The fourth-order valence-electron chi connectivity index (χ4n) is 3.88. The van der Waals surface area contributed by atoms with Gasteiger partial charge in [0.05, 0.1) is 0 Å². The molecule has 6 nitrogen and oxygen atoms in total. The summed E-state index contributed by atoms with van der Waals surface area (Å²) in [5, 5.41) is 0. The van der Waals surface area contributed by atoms with E-state index in [1.165, 1.54) is 11.4 Å².